The van der Waals surface area contributed by atoms with Crippen molar-refractivity contribution >= 4 is 11.9 Å². The molecule has 5 nitrogen and oxygen atoms in total. The van der Waals surface area contributed by atoms with E-state index in [-0.39, 0.29) is 6.10 Å². The van der Waals surface area contributed by atoms with E-state index >= 15 is 0 Å². The number of amides is 1. The highest BCUT2D eigenvalue weighted by atomic mass is 16.6. The van der Waals surface area contributed by atoms with E-state index in [2.05, 4.69) is 6.58 Å². The number of nitrogens with one attached hydrogen (secondary N) is 1. The molecule has 0 heterocycles. The molecule has 0 radical (unpaired) electrons. The third kappa shape index (κ3) is 4.02. The summed E-state index contributed by atoms with van der Waals surface area (Å²) in [7, 11) is 0. The summed E-state index contributed by atoms with van der Waals surface area (Å²) in [6, 6.07) is 0. The van der Waals surface area contributed by atoms with Crippen molar-refractivity contribution < 1.29 is 19.4 Å². The molecule has 1 saturated carbocycles. The molecule has 0 bridgehead atoms. The number of rotatable bonds is 4. The molecule has 1 aliphatic rings. The third-order valence-electron chi connectivity index (χ3n) is 2.52. The molecule has 90 valence electrons. The highest BCUT2D eigenvalue weighted by Crippen LogP contribution is 2.20. The Morgan fingerprint density at radius 1 is 1.38 bits per heavy atom. The summed E-state index contributed by atoms with van der Waals surface area (Å²) >= 11 is 0. The third-order valence-corrected chi connectivity index (χ3v) is 2.52. The van der Waals surface area contributed by atoms with Crippen LogP contribution in [0, 0.1) is 0 Å². The Bertz CT molecular complexity index is 271. The summed E-state index contributed by atoms with van der Waals surface area (Å²) in [5.41, 5.74) is 0. The number of aliphatic hydroxyl groups is 1. The van der Waals surface area contributed by atoms with Gasteiger partial charge in [-0.1, -0.05) is 13.0 Å². The quantitative estimate of drug-likeness (QED) is 0.416. The lowest BCUT2D eigenvalue weighted by Gasteiger charge is -2.23. The molecule has 0 aromatic rings. The first-order valence-electron chi connectivity index (χ1n) is 5.45. The van der Waals surface area contributed by atoms with Crippen molar-refractivity contribution in [3.63, 3.8) is 0 Å². The Balaban J connectivity index is 2.32. The van der Waals surface area contributed by atoms with E-state index < -0.39 is 18.1 Å². The average molecular weight is 227 g/mol. The van der Waals surface area contributed by atoms with Crippen molar-refractivity contribution in [1.82, 2.24) is 5.32 Å². The lowest BCUT2D eigenvalue weighted by atomic mass is 9.98. The van der Waals surface area contributed by atoms with Gasteiger partial charge in [-0.3, -0.25) is 4.79 Å². The van der Waals surface area contributed by atoms with Crippen LogP contribution in [0.5, 0.6) is 0 Å². The molecule has 0 aliphatic heterocycles. The van der Waals surface area contributed by atoms with Gasteiger partial charge < -0.3 is 15.2 Å². The summed E-state index contributed by atoms with van der Waals surface area (Å²) in [5.74, 6) is -1.41. The normalized spacial score (nSPS) is 18.6. The Morgan fingerprint density at radius 2 is 2.00 bits per heavy atom. The van der Waals surface area contributed by atoms with Gasteiger partial charge >= 0.3 is 5.97 Å². The second-order valence-electron chi connectivity index (χ2n) is 3.81. The first-order chi connectivity index (χ1) is 7.63. The summed E-state index contributed by atoms with van der Waals surface area (Å²) in [6.45, 7) is 3.21. The van der Waals surface area contributed by atoms with Crippen LogP contribution in [0.4, 0.5) is 0 Å². The molecule has 1 atom stereocenters. The molecule has 2 N–H and O–H groups in total. The zero-order chi connectivity index (χ0) is 12.0. The van der Waals surface area contributed by atoms with Gasteiger partial charge in [-0.05, 0) is 31.8 Å². The van der Waals surface area contributed by atoms with E-state index in [1.165, 1.54) is 0 Å². The number of ether oxygens (including phenoxy) is 1. The molecule has 0 aromatic heterocycles. The van der Waals surface area contributed by atoms with E-state index in [0.717, 1.165) is 38.2 Å². The fourth-order valence-corrected chi connectivity index (χ4v) is 1.66. The van der Waals surface area contributed by atoms with Crippen LogP contribution >= 0.6 is 0 Å². The molecule has 0 saturated heterocycles. The van der Waals surface area contributed by atoms with Crippen molar-refractivity contribution in [2.45, 2.75) is 44.4 Å². The Hall–Kier alpha value is -1.36. The van der Waals surface area contributed by atoms with Crippen molar-refractivity contribution in [2.75, 3.05) is 0 Å². The molecular weight excluding hydrogens is 210 g/mol. The van der Waals surface area contributed by atoms with Gasteiger partial charge in [0.05, 0.1) is 0 Å². The van der Waals surface area contributed by atoms with Crippen LogP contribution in [0.25, 0.3) is 0 Å². The number of carbonyl (C=O) groups excluding carboxylic acids is 2. The largest absolute Gasteiger partial charge is 0.459 e. The molecule has 0 aromatic carbocycles. The molecule has 1 unspecified atom stereocenters. The van der Waals surface area contributed by atoms with Gasteiger partial charge in [0, 0.05) is 0 Å². The average Bonchev–Trinajstić information content (AvgIpc) is 2.30. The maximum atomic E-state index is 11.3. The highest BCUT2D eigenvalue weighted by Gasteiger charge is 2.23. The van der Waals surface area contributed by atoms with E-state index in [1.807, 2.05) is 5.32 Å². The number of hydrogen-bond donors (Lipinski definition) is 2. The monoisotopic (exact) mass is 227 g/mol. The molecule has 5 heteroatoms. The minimum Gasteiger partial charge on any atom is -0.459 e. The summed E-state index contributed by atoms with van der Waals surface area (Å²) < 4.78 is 5.06. The van der Waals surface area contributed by atoms with Gasteiger partial charge in [0.15, 0.2) is 0 Å². The number of esters is 1. The van der Waals surface area contributed by atoms with Gasteiger partial charge in [-0.15, -0.1) is 0 Å². The van der Waals surface area contributed by atoms with E-state index in [1.54, 1.807) is 0 Å². The van der Waals surface area contributed by atoms with Crippen molar-refractivity contribution in [3.8, 4) is 0 Å². The van der Waals surface area contributed by atoms with Crippen LogP contribution < -0.4 is 5.32 Å². The number of aliphatic hydroxyl groups excluding tert-OH is 1. The van der Waals surface area contributed by atoms with Crippen LogP contribution in [-0.2, 0) is 14.3 Å². The fraction of sp³-hybridized carbons (Fsp3) is 0.636. The van der Waals surface area contributed by atoms with Crippen LogP contribution in [0.3, 0.4) is 0 Å². The Kier molecular flexibility index (Phi) is 4.98. The molecule has 0 spiro atoms. The molecule has 16 heavy (non-hydrogen) atoms. The molecule has 1 amide bonds. The van der Waals surface area contributed by atoms with Crippen LogP contribution in [0.1, 0.15) is 32.1 Å². The van der Waals surface area contributed by atoms with Crippen molar-refractivity contribution in [2.24, 2.45) is 0 Å². The van der Waals surface area contributed by atoms with Gasteiger partial charge in [-0.2, -0.15) is 0 Å². The second-order valence-corrected chi connectivity index (χ2v) is 3.81. The topological polar surface area (TPSA) is 75.6 Å². The van der Waals surface area contributed by atoms with Crippen molar-refractivity contribution in [1.29, 1.82) is 0 Å². The van der Waals surface area contributed by atoms with Gasteiger partial charge in [0.25, 0.3) is 0 Å². The van der Waals surface area contributed by atoms with Gasteiger partial charge in [0.2, 0.25) is 12.1 Å². The van der Waals surface area contributed by atoms with Crippen LogP contribution in [-0.4, -0.2) is 29.3 Å². The lowest BCUT2D eigenvalue weighted by molar-refractivity contribution is -0.163. The first kappa shape index (κ1) is 12.7. The number of carbonyl (C=O) groups is 2. The molecule has 1 fully saturated rings. The number of hydrogen-bond acceptors (Lipinski definition) is 4. The first-order valence-corrected chi connectivity index (χ1v) is 5.45. The summed E-state index contributed by atoms with van der Waals surface area (Å²) in [5, 5.41) is 11.3. The standard InChI is InChI=1S/C11H17NO4/c1-2-9(13)12-10(14)11(15)16-8-6-4-3-5-7-8/h2,8,10,14H,1,3-7H2,(H,12,13). The fourth-order valence-electron chi connectivity index (χ4n) is 1.66. The summed E-state index contributed by atoms with van der Waals surface area (Å²) in [4.78, 5) is 22.2. The van der Waals surface area contributed by atoms with Gasteiger partial charge in [0.1, 0.15) is 6.10 Å². The predicted molar refractivity (Wildman–Crippen MR) is 57.3 cm³/mol. The maximum Gasteiger partial charge on any atom is 0.356 e. The lowest BCUT2D eigenvalue weighted by Crippen LogP contribution is -2.42. The summed E-state index contributed by atoms with van der Waals surface area (Å²) in [6.07, 6.45) is 4.13. The SMILES string of the molecule is C=CC(=O)NC(O)C(=O)OC1CCCCC1. The van der Waals surface area contributed by atoms with Gasteiger partial charge in [-0.25, -0.2) is 4.79 Å². The Morgan fingerprint density at radius 3 is 2.56 bits per heavy atom. The van der Waals surface area contributed by atoms with Crippen LogP contribution in [0.15, 0.2) is 12.7 Å². The minimum atomic E-state index is -1.60. The van der Waals surface area contributed by atoms with E-state index in [4.69, 9.17) is 4.74 Å². The van der Waals surface area contributed by atoms with E-state index in [9.17, 15) is 14.7 Å². The second kappa shape index (κ2) is 6.27. The minimum absolute atomic E-state index is 0.128. The zero-order valence-corrected chi connectivity index (χ0v) is 9.15. The van der Waals surface area contributed by atoms with E-state index in [0.29, 0.717) is 0 Å². The highest BCUT2D eigenvalue weighted by molar-refractivity contribution is 5.90. The molecule has 1 rings (SSSR count). The molecule has 1 aliphatic carbocycles. The van der Waals surface area contributed by atoms with Crippen molar-refractivity contribution in [3.05, 3.63) is 12.7 Å². The predicted octanol–water partition coefficient (Wildman–Crippen LogP) is 0.483. The smallest absolute Gasteiger partial charge is 0.356 e. The Labute approximate surface area is 94.5 Å². The molecular formula is C11H17NO4. The maximum absolute atomic E-state index is 11.3. The zero-order valence-electron chi connectivity index (χ0n) is 9.15. The van der Waals surface area contributed by atoms with Crippen LogP contribution in [0.2, 0.25) is 0 Å².